The number of H-pyrrole nitrogens is 1. The number of halogens is 1. The van der Waals surface area contributed by atoms with Gasteiger partial charge in [-0.2, -0.15) is 0 Å². The number of morpholine rings is 1. The lowest BCUT2D eigenvalue weighted by atomic mass is 10.0. The molecule has 1 saturated heterocycles. The quantitative estimate of drug-likeness (QED) is 0.706. The molecule has 0 aliphatic carbocycles. The van der Waals surface area contributed by atoms with Crippen LogP contribution in [-0.2, 0) is 9.47 Å². The maximum absolute atomic E-state index is 12.6. The molecular weight excluding hydrogens is 332 g/mol. The first-order chi connectivity index (χ1) is 11.1. The minimum Gasteiger partial charge on any atom is -0.444 e. The number of nitrogens with zero attached hydrogens (tertiary/aromatic N) is 1. The summed E-state index contributed by atoms with van der Waals surface area (Å²) in [5.74, 6) is 0.426. The van der Waals surface area contributed by atoms with E-state index in [1.165, 1.54) is 0 Å². The Hall–Kier alpha value is -1.86. The highest BCUT2D eigenvalue weighted by Gasteiger charge is 2.37. The average molecular weight is 357 g/mol. The predicted octanol–water partition coefficient (Wildman–Crippen LogP) is 2.79. The lowest BCUT2D eigenvalue weighted by Crippen LogP contribution is -2.49. The molecule has 0 bridgehead atoms. The topological polar surface area (TPSA) is 107 Å². The summed E-state index contributed by atoms with van der Waals surface area (Å²) in [6.07, 6.45) is 0.961. The van der Waals surface area contributed by atoms with E-state index < -0.39 is 5.60 Å². The van der Waals surface area contributed by atoms with E-state index in [-0.39, 0.29) is 23.4 Å². The summed E-state index contributed by atoms with van der Waals surface area (Å²) in [4.78, 5) is 17.3. The second-order valence-electron chi connectivity index (χ2n) is 6.82. The summed E-state index contributed by atoms with van der Waals surface area (Å²) in [6, 6.07) is 1.48. The molecule has 2 rings (SSSR count). The molecule has 1 aliphatic rings. The number of nitrogens with one attached hydrogen (secondary N) is 1. The fourth-order valence-corrected chi connectivity index (χ4v) is 2.82. The third-order valence-corrected chi connectivity index (χ3v) is 3.74. The lowest BCUT2D eigenvalue weighted by molar-refractivity contribution is -0.0708. The van der Waals surface area contributed by atoms with Gasteiger partial charge in [-0.05, 0) is 39.8 Å². The van der Waals surface area contributed by atoms with Crippen molar-refractivity contribution in [1.29, 1.82) is 0 Å². The summed E-state index contributed by atoms with van der Waals surface area (Å²) >= 11 is 5.72. The van der Waals surface area contributed by atoms with E-state index in [0.717, 1.165) is 5.69 Å². The van der Waals surface area contributed by atoms with Crippen molar-refractivity contribution in [2.45, 2.75) is 45.4 Å². The average Bonchev–Trinajstić information content (AvgIpc) is 2.76. The van der Waals surface area contributed by atoms with E-state index in [2.05, 4.69) is 4.98 Å². The number of aromatic nitrogens is 1. The van der Waals surface area contributed by atoms with Crippen LogP contribution in [-0.4, -0.2) is 40.8 Å². The van der Waals surface area contributed by atoms with Gasteiger partial charge < -0.3 is 25.9 Å². The van der Waals surface area contributed by atoms with Crippen molar-refractivity contribution in [1.82, 2.24) is 9.88 Å². The molecule has 1 amide bonds. The molecule has 0 aromatic carbocycles. The number of anilines is 1. The van der Waals surface area contributed by atoms with Crippen molar-refractivity contribution in [3.63, 3.8) is 0 Å². The van der Waals surface area contributed by atoms with Gasteiger partial charge in [0.1, 0.15) is 17.5 Å². The Morgan fingerprint density at radius 2 is 2.21 bits per heavy atom. The molecule has 0 radical (unpaired) electrons. The molecule has 2 unspecified atom stereocenters. The molecule has 5 N–H and O–H groups in total. The minimum atomic E-state index is -0.571. The van der Waals surface area contributed by atoms with Gasteiger partial charge >= 0.3 is 6.09 Å². The SMILES string of the molecule is CC1OCCN(C(=O)OC(C)(C)C)C1c1cc(/C=C(\N)Cl)c(N)[nH]1. The molecule has 134 valence electrons. The number of hydrogen-bond donors (Lipinski definition) is 3. The predicted molar refractivity (Wildman–Crippen MR) is 94.3 cm³/mol. The smallest absolute Gasteiger partial charge is 0.411 e. The lowest BCUT2D eigenvalue weighted by Gasteiger charge is -2.39. The molecule has 2 heterocycles. The normalized spacial score (nSPS) is 22.5. The Kier molecular flexibility index (Phi) is 5.35. The van der Waals surface area contributed by atoms with Crippen LogP contribution in [0.25, 0.3) is 6.08 Å². The summed E-state index contributed by atoms with van der Waals surface area (Å²) < 4.78 is 11.2. The Balaban J connectivity index is 2.33. The maximum Gasteiger partial charge on any atom is 0.411 e. The zero-order valence-electron chi connectivity index (χ0n) is 14.4. The highest BCUT2D eigenvalue weighted by atomic mass is 35.5. The van der Waals surface area contributed by atoms with Crippen molar-refractivity contribution in [2.75, 3.05) is 18.9 Å². The third-order valence-electron chi connectivity index (χ3n) is 3.63. The van der Waals surface area contributed by atoms with E-state index in [4.69, 9.17) is 32.5 Å². The van der Waals surface area contributed by atoms with Crippen LogP contribution in [0.3, 0.4) is 0 Å². The van der Waals surface area contributed by atoms with Crippen molar-refractivity contribution < 1.29 is 14.3 Å². The standard InChI is InChI=1S/C16H25ClN4O3/c1-9-13(11-7-10(8-12(17)18)14(19)20-11)21(5-6-23-9)15(22)24-16(2,3)4/h7-9,13,20H,5-6,18-19H2,1-4H3/b12-8-. The van der Waals surface area contributed by atoms with Gasteiger partial charge in [0, 0.05) is 17.8 Å². The van der Waals surface area contributed by atoms with Crippen molar-refractivity contribution in [3.05, 3.63) is 22.5 Å². The highest BCUT2D eigenvalue weighted by molar-refractivity contribution is 6.31. The first-order valence-electron chi connectivity index (χ1n) is 7.81. The number of amides is 1. The molecule has 1 fully saturated rings. The Morgan fingerprint density at radius 3 is 2.79 bits per heavy atom. The van der Waals surface area contributed by atoms with E-state index >= 15 is 0 Å². The maximum atomic E-state index is 12.6. The third kappa shape index (κ3) is 4.36. The molecule has 0 saturated carbocycles. The number of nitrogens with two attached hydrogens (primary N) is 2. The molecule has 0 spiro atoms. The van der Waals surface area contributed by atoms with E-state index in [9.17, 15) is 4.79 Å². The Bertz CT molecular complexity index is 632. The molecule has 1 aliphatic heterocycles. The Labute approximate surface area is 146 Å². The van der Waals surface area contributed by atoms with E-state index in [0.29, 0.717) is 24.5 Å². The molecular formula is C16H25ClN4O3. The molecule has 2 atom stereocenters. The van der Waals surface area contributed by atoms with Gasteiger partial charge in [0.05, 0.1) is 17.9 Å². The van der Waals surface area contributed by atoms with Gasteiger partial charge in [-0.15, -0.1) is 0 Å². The number of hydrogen-bond acceptors (Lipinski definition) is 5. The number of aromatic amines is 1. The number of ether oxygens (including phenoxy) is 2. The van der Waals surface area contributed by atoms with Crippen LogP contribution < -0.4 is 11.5 Å². The number of carbonyl (C=O) groups is 1. The fraction of sp³-hybridized carbons (Fsp3) is 0.562. The van der Waals surface area contributed by atoms with E-state index in [1.54, 1.807) is 11.0 Å². The fourth-order valence-electron chi connectivity index (χ4n) is 2.70. The van der Waals surface area contributed by atoms with Crippen LogP contribution in [0.4, 0.5) is 10.6 Å². The summed E-state index contributed by atoms with van der Waals surface area (Å²) in [5, 5.41) is 0.129. The van der Waals surface area contributed by atoms with Gasteiger partial charge in [-0.1, -0.05) is 11.6 Å². The monoisotopic (exact) mass is 356 g/mol. The molecule has 8 heteroatoms. The minimum absolute atomic E-state index is 0.129. The van der Waals surface area contributed by atoms with Crippen LogP contribution in [0.2, 0.25) is 0 Å². The highest BCUT2D eigenvalue weighted by Crippen LogP contribution is 2.32. The van der Waals surface area contributed by atoms with Gasteiger partial charge in [0.2, 0.25) is 0 Å². The van der Waals surface area contributed by atoms with Crippen molar-refractivity contribution >= 4 is 29.6 Å². The Morgan fingerprint density at radius 1 is 1.54 bits per heavy atom. The van der Waals surface area contributed by atoms with Gasteiger partial charge in [-0.25, -0.2) is 4.79 Å². The first kappa shape index (κ1) is 18.5. The number of rotatable bonds is 2. The molecule has 7 nitrogen and oxygen atoms in total. The largest absolute Gasteiger partial charge is 0.444 e. The van der Waals surface area contributed by atoms with Crippen LogP contribution in [0.15, 0.2) is 11.2 Å². The van der Waals surface area contributed by atoms with Gasteiger partial charge in [0.25, 0.3) is 0 Å². The van der Waals surface area contributed by atoms with Gasteiger partial charge in [-0.3, -0.25) is 4.90 Å². The van der Waals surface area contributed by atoms with Crippen LogP contribution in [0, 0.1) is 0 Å². The number of carbonyl (C=O) groups excluding carboxylic acids is 1. The van der Waals surface area contributed by atoms with Crippen LogP contribution in [0.1, 0.15) is 45.0 Å². The summed E-state index contributed by atoms with van der Waals surface area (Å²) in [7, 11) is 0. The molecule has 1 aromatic rings. The summed E-state index contributed by atoms with van der Waals surface area (Å²) in [6.45, 7) is 8.30. The number of nitrogen functional groups attached to an aromatic ring is 1. The van der Waals surface area contributed by atoms with Crippen LogP contribution in [0.5, 0.6) is 0 Å². The zero-order chi connectivity index (χ0) is 18.1. The van der Waals surface area contributed by atoms with Crippen molar-refractivity contribution in [2.24, 2.45) is 5.73 Å². The van der Waals surface area contributed by atoms with Crippen LogP contribution >= 0.6 is 11.6 Å². The molecule has 1 aromatic heterocycles. The summed E-state index contributed by atoms with van der Waals surface area (Å²) in [5.41, 5.74) is 12.3. The second-order valence-corrected chi connectivity index (χ2v) is 7.25. The van der Waals surface area contributed by atoms with Gasteiger partial charge in [0.15, 0.2) is 0 Å². The molecule has 24 heavy (non-hydrogen) atoms. The second kappa shape index (κ2) is 6.94. The van der Waals surface area contributed by atoms with E-state index in [1.807, 2.05) is 33.8 Å². The zero-order valence-corrected chi connectivity index (χ0v) is 15.2. The first-order valence-corrected chi connectivity index (χ1v) is 8.18. The van der Waals surface area contributed by atoms with Crippen molar-refractivity contribution in [3.8, 4) is 0 Å².